The Morgan fingerprint density at radius 2 is 1.62 bits per heavy atom. The molecular weight excluding hydrogens is 546 g/mol. The predicted octanol–water partition coefficient (Wildman–Crippen LogP) is 5.63. The van der Waals surface area contributed by atoms with Gasteiger partial charge >= 0.3 is 0 Å². The first-order valence-electron chi connectivity index (χ1n) is 13.5. The van der Waals surface area contributed by atoms with E-state index in [1.807, 2.05) is 38.1 Å². The van der Waals surface area contributed by atoms with Crippen molar-refractivity contribution in [2.24, 2.45) is 0 Å². The second kappa shape index (κ2) is 12.9. The van der Waals surface area contributed by atoms with Crippen LogP contribution in [-0.4, -0.2) is 43.8 Å². The van der Waals surface area contributed by atoms with Crippen molar-refractivity contribution in [2.45, 2.75) is 70.0 Å². The van der Waals surface area contributed by atoms with Gasteiger partial charge in [-0.05, 0) is 69.5 Å². The number of benzene rings is 3. The number of halogens is 1. The number of hydrogen-bond donors (Lipinski definition) is 1. The lowest BCUT2D eigenvalue weighted by Gasteiger charge is -2.32. The Morgan fingerprint density at radius 1 is 0.950 bits per heavy atom. The fourth-order valence-corrected chi connectivity index (χ4v) is 6.57. The monoisotopic (exact) mass is 581 g/mol. The minimum Gasteiger partial charge on any atom is -0.352 e. The normalized spacial score (nSPS) is 14.5. The molecule has 1 N–H and O–H groups in total. The summed E-state index contributed by atoms with van der Waals surface area (Å²) in [5, 5.41) is 3.43. The van der Waals surface area contributed by atoms with E-state index in [1.54, 1.807) is 37.3 Å². The van der Waals surface area contributed by atoms with Gasteiger partial charge in [0.2, 0.25) is 11.8 Å². The zero-order chi connectivity index (χ0) is 28.9. The highest BCUT2D eigenvalue weighted by Crippen LogP contribution is 2.27. The third-order valence-electron chi connectivity index (χ3n) is 7.29. The van der Waals surface area contributed by atoms with Gasteiger partial charge in [0.15, 0.2) is 0 Å². The van der Waals surface area contributed by atoms with Crippen LogP contribution in [-0.2, 0) is 26.2 Å². The molecule has 7 nitrogen and oxygen atoms in total. The van der Waals surface area contributed by atoms with Crippen LogP contribution in [0.3, 0.4) is 0 Å². The summed E-state index contributed by atoms with van der Waals surface area (Å²) in [5.74, 6) is -0.741. The maximum Gasteiger partial charge on any atom is 0.264 e. The van der Waals surface area contributed by atoms with Crippen molar-refractivity contribution in [2.75, 3.05) is 10.8 Å². The largest absolute Gasteiger partial charge is 0.352 e. The lowest BCUT2D eigenvalue weighted by atomic mass is 10.1. The van der Waals surface area contributed by atoms with E-state index < -0.39 is 28.5 Å². The molecule has 4 rings (SSSR count). The van der Waals surface area contributed by atoms with Gasteiger partial charge in [-0.25, -0.2) is 8.42 Å². The van der Waals surface area contributed by atoms with Gasteiger partial charge in [0.1, 0.15) is 12.6 Å². The number of rotatable bonds is 10. The summed E-state index contributed by atoms with van der Waals surface area (Å²) in [5.41, 5.74) is 3.05. The van der Waals surface area contributed by atoms with E-state index in [4.69, 9.17) is 11.6 Å². The van der Waals surface area contributed by atoms with Crippen LogP contribution in [0.25, 0.3) is 0 Å². The topological polar surface area (TPSA) is 86.8 Å². The van der Waals surface area contributed by atoms with Gasteiger partial charge in [-0.1, -0.05) is 78.0 Å². The Labute approximate surface area is 242 Å². The van der Waals surface area contributed by atoms with E-state index in [0.717, 1.165) is 46.7 Å². The number of aryl methyl sites for hydroxylation is 2. The third-order valence-corrected chi connectivity index (χ3v) is 9.31. The van der Waals surface area contributed by atoms with E-state index >= 15 is 0 Å². The molecule has 212 valence electrons. The maximum absolute atomic E-state index is 14.0. The van der Waals surface area contributed by atoms with Crippen LogP contribution in [0.15, 0.2) is 77.7 Å². The zero-order valence-corrected chi connectivity index (χ0v) is 24.7. The van der Waals surface area contributed by atoms with Gasteiger partial charge in [-0.2, -0.15) is 0 Å². The maximum atomic E-state index is 14.0. The molecule has 0 heterocycles. The van der Waals surface area contributed by atoms with Crippen molar-refractivity contribution in [1.29, 1.82) is 0 Å². The number of nitrogens with zero attached hydrogens (tertiary/aromatic N) is 2. The van der Waals surface area contributed by atoms with Crippen molar-refractivity contribution >= 4 is 39.1 Å². The lowest BCUT2D eigenvalue weighted by molar-refractivity contribution is -0.139. The van der Waals surface area contributed by atoms with Gasteiger partial charge in [-0.3, -0.25) is 13.9 Å². The molecule has 9 heteroatoms. The number of anilines is 1. The molecule has 40 heavy (non-hydrogen) atoms. The molecule has 2 amide bonds. The summed E-state index contributed by atoms with van der Waals surface area (Å²) in [7, 11) is -4.13. The molecule has 3 aromatic rings. The van der Waals surface area contributed by atoms with Crippen LogP contribution in [0.2, 0.25) is 5.02 Å². The van der Waals surface area contributed by atoms with Crippen molar-refractivity contribution < 1.29 is 18.0 Å². The summed E-state index contributed by atoms with van der Waals surface area (Å²) >= 11 is 6.23. The van der Waals surface area contributed by atoms with E-state index in [9.17, 15) is 18.0 Å². The summed E-state index contributed by atoms with van der Waals surface area (Å²) in [6.07, 6.45) is 3.97. The van der Waals surface area contributed by atoms with Crippen molar-refractivity contribution in [3.05, 3.63) is 94.5 Å². The van der Waals surface area contributed by atoms with Crippen LogP contribution < -0.4 is 9.62 Å². The average Bonchev–Trinajstić information content (AvgIpc) is 3.43. The first-order chi connectivity index (χ1) is 19.0. The lowest BCUT2D eigenvalue weighted by Crippen LogP contribution is -2.52. The highest BCUT2D eigenvalue weighted by atomic mass is 35.5. The van der Waals surface area contributed by atoms with Gasteiger partial charge in [0.05, 0.1) is 10.6 Å². The Bertz CT molecular complexity index is 1450. The highest BCUT2D eigenvalue weighted by molar-refractivity contribution is 7.92. The molecule has 0 radical (unpaired) electrons. The first-order valence-corrected chi connectivity index (χ1v) is 15.4. The summed E-state index contributed by atoms with van der Waals surface area (Å²) < 4.78 is 28.8. The number of sulfonamides is 1. The van der Waals surface area contributed by atoms with Crippen LogP contribution in [0.1, 0.15) is 49.3 Å². The number of amides is 2. The predicted molar refractivity (Wildman–Crippen MR) is 159 cm³/mol. The number of nitrogens with one attached hydrogen (secondary N) is 1. The zero-order valence-electron chi connectivity index (χ0n) is 23.1. The standard InChI is InChI=1S/C31H36ClN3O4S/c1-22-14-16-29(17-15-22)40(38,39)35(28-13-7-10-26(32)19-28)21-30(36)34(20-25-9-6-8-23(2)18-25)24(3)31(37)33-27-11-4-5-12-27/h6-10,13-19,24,27H,4-5,11-12,20-21H2,1-3H3,(H,33,37)/t24-/m1/s1. The summed E-state index contributed by atoms with van der Waals surface area (Å²) in [4.78, 5) is 28.8. The second-order valence-electron chi connectivity index (χ2n) is 10.5. The fraction of sp³-hybridized carbons (Fsp3) is 0.355. The molecule has 3 aromatic carbocycles. The highest BCUT2D eigenvalue weighted by Gasteiger charge is 2.33. The van der Waals surface area contributed by atoms with Crippen molar-refractivity contribution in [3.8, 4) is 0 Å². The minimum absolute atomic E-state index is 0.0585. The molecular formula is C31H36ClN3O4S. The molecule has 0 bridgehead atoms. The van der Waals surface area contributed by atoms with Crippen LogP contribution in [0.4, 0.5) is 5.69 Å². The molecule has 0 aliphatic heterocycles. The quantitative estimate of drug-likeness (QED) is 0.336. The number of carbonyl (C=O) groups excluding carboxylic acids is 2. The van der Waals surface area contributed by atoms with Crippen molar-refractivity contribution in [3.63, 3.8) is 0 Å². The number of carbonyl (C=O) groups is 2. The molecule has 1 fully saturated rings. The number of hydrogen-bond acceptors (Lipinski definition) is 4. The molecule has 1 aliphatic rings. The average molecular weight is 582 g/mol. The molecule has 0 unspecified atom stereocenters. The third kappa shape index (κ3) is 7.23. The Hall–Kier alpha value is -3.36. The smallest absolute Gasteiger partial charge is 0.264 e. The first kappa shape index (κ1) is 29.6. The van der Waals surface area contributed by atoms with E-state index in [0.29, 0.717) is 5.02 Å². The van der Waals surface area contributed by atoms with E-state index in [1.165, 1.54) is 23.1 Å². The second-order valence-corrected chi connectivity index (χ2v) is 12.8. The Kier molecular flexibility index (Phi) is 9.53. The van der Waals surface area contributed by atoms with Crippen LogP contribution in [0.5, 0.6) is 0 Å². The molecule has 1 aliphatic carbocycles. The Morgan fingerprint density at radius 3 is 2.27 bits per heavy atom. The molecule has 0 aromatic heterocycles. The van der Waals surface area contributed by atoms with Crippen LogP contribution >= 0.6 is 11.6 Å². The van der Waals surface area contributed by atoms with Gasteiger partial charge in [0, 0.05) is 17.6 Å². The van der Waals surface area contributed by atoms with E-state index in [2.05, 4.69) is 5.32 Å². The molecule has 1 atom stereocenters. The van der Waals surface area contributed by atoms with Crippen molar-refractivity contribution in [1.82, 2.24) is 10.2 Å². The van der Waals surface area contributed by atoms with Gasteiger partial charge in [-0.15, -0.1) is 0 Å². The SMILES string of the molecule is Cc1ccc(S(=O)(=O)N(CC(=O)N(Cc2cccc(C)c2)[C@H](C)C(=O)NC2CCCC2)c2cccc(Cl)c2)cc1. The van der Waals surface area contributed by atoms with E-state index in [-0.39, 0.29) is 29.1 Å². The van der Waals surface area contributed by atoms with Crippen LogP contribution in [0, 0.1) is 13.8 Å². The molecule has 0 spiro atoms. The summed E-state index contributed by atoms with van der Waals surface area (Å²) in [6, 6.07) is 19.9. The minimum atomic E-state index is -4.13. The van der Waals surface area contributed by atoms with Gasteiger partial charge in [0.25, 0.3) is 10.0 Å². The van der Waals surface area contributed by atoms with Gasteiger partial charge < -0.3 is 10.2 Å². The summed E-state index contributed by atoms with van der Waals surface area (Å²) in [6.45, 7) is 5.18. The molecule has 1 saturated carbocycles. The fourth-order valence-electron chi connectivity index (χ4n) is 4.98. The molecule has 0 saturated heterocycles. The Balaban J connectivity index is 1.69.